The molecule has 0 amide bonds. The zero-order chi connectivity index (χ0) is 19.3. The molecule has 1 unspecified atom stereocenters. The van der Waals surface area contributed by atoms with Crippen LogP contribution in [0.2, 0.25) is 5.02 Å². The molecular weight excluding hydrogens is 395 g/mol. The first kappa shape index (κ1) is 18.5. The molecule has 0 fully saturated rings. The van der Waals surface area contributed by atoms with Crippen molar-refractivity contribution in [1.29, 1.82) is 0 Å². The maximum Gasteiger partial charge on any atom is 0.416 e. The highest BCUT2D eigenvalue weighted by atomic mass is 35.5. The van der Waals surface area contributed by atoms with Gasteiger partial charge in [-0.3, -0.25) is 9.10 Å². The predicted octanol–water partition coefficient (Wildman–Crippen LogP) is 3.74. The average molecular weight is 406 g/mol. The van der Waals surface area contributed by atoms with Gasteiger partial charge >= 0.3 is 12.1 Å². The fourth-order valence-electron chi connectivity index (χ4n) is 2.81. The van der Waals surface area contributed by atoms with Crippen molar-refractivity contribution in [3.63, 3.8) is 0 Å². The fourth-order valence-corrected chi connectivity index (χ4v) is 4.82. The minimum absolute atomic E-state index is 0.105. The topological polar surface area (TPSA) is 74.7 Å². The molecule has 0 aliphatic carbocycles. The summed E-state index contributed by atoms with van der Waals surface area (Å²) in [5.41, 5.74) is -0.789. The molecule has 1 aliphatic rings. The van der Waals surface area contributed by atoms with Crippen LogP contribution in [-0.4, -0.2) is 26.0 Å². The number of hydrogen-bond donors (Lipinski definition) is 1. The summed E-state index contributed by atoms with van der Waals surface area (Å²) >= 11 is 5.85. The van der Waals surface area contributed by atoms with E-state index in [9.17, 15) is 31.5 Å². The van der Waals surface area contributed by atoms with Gasteiger partial charge in [0.2, 0.25) is 0 Å². The number of hydrogen-bond acceptors (Lipinski definition) is 3. The summed E-state index contributed by atoms with van der Waals surface area (Å²) in [7, 11) is -4.49. The van der Waals surface area contributed by atoms with Crippen LogP contribution in [0.4, 0.5) is 18.9 Å². The molecule has 2 aromatic rings. The molecule has 0 saturated carbocycles. The molecule has 0 spiro atoms. The lowest BCUT2D eigenvalue weighted by atomic mass is 10.0. The van der Waals surface area contributed by atoms with Crippen molar-refractivity contribution in [3.8, 4) is 0 Å². The fraction of sp³-hybridized carbons (Fsp3) is 0.188. The molecule has 5 nitrogen and oxygen atoms in total. The number of carbonyl (C=O) groups is 1. The summed E-state index contributed by atoms with van der Waals surface area (Å²) in [5, 5.41) is 8.94. The van der Waals surface area contributed by atoms with E-state index in [1.807, 2.05) is 0 Å². The Balaban J connectivity index is 2.15. The van der Waals surface area contributed by atoms with Gasteiger partial charge in [0.1, 0.15) is 10.8 Å². The van der Waals surface area contributed by atoms with Gasteiger partial charge in [0.25, 0.3) is 10.0 Å². The van der Waals surface area contributed by atoms with Crippen LogP contribution < -0.4 is 4.31 Å². The second kappa shape index (κ2) is 6.17. The van der Waals surface area contributed by atoms with Gasteiger partial charge in [-0.25, -0.2) is 8.42 Å². The molecule has 10 heteroatoms. The highest BCUT2D eigenvalue weighted by Gasteiger charge is 2.41. The lowest BCUT2D eigenvalue weighted by Crippen LogP contribution is -2.31. The molecule has 3 rings (SSSR count). The normalized spacial score (nSPS) is 17.2. The van der Waals surface area contributed by atoms with Gasteiger partial charge < -0.3 is 5.11 Å². The highest BCUT2D eigenvalue weighted by molar-refractivity contribution is 7.93. The maximum atomic E-state index is 12.9. The number of anilines is 1. The van der Waals surface area contributed by atoms with Crippen molar-refractivity contribution in [2.75, 3.05) is 10.8 Å². The molecule has 0 bridgehead atoms. The average Bonchev–Trinajstić information content (AvgIpc) is 2.94. The molecular formula is C16H11ClF3NO4S. The van der Waals surface area contributed by atoms with Crippen LogP contribution in [-0.2, 0) is 21.0 Å². The summed E-state index contributed by atoms with van der Waals surface area (Å²) in [6.45, 7) is -0.427. The van der Waals surface area contributed by atoms with E-state index in [4.69, 9.17) is 11.6 Å². The Kier molecular flexibility index (Phi) is 4.40. The lowest BCUT2D eigenvalue weighted by Gasteiger charge is -2.21. The van der Waals surface area contributed by atoms with E-state index in [2.05, 4.69) is 0 Å². The molecule has 138 valence electrons. The Morgan fingerprint density at radius 3 is 2.46 bits per heavy atom. The van der Waals surface area contributed by atoms with Crippen molar-refractivity contribution < 1.29 is 31.5 Å². The van der Waals surface area contributed by atoms with Gasteiger partial charge in [-0.05, 0) is 29.8 Å². The number of fused-ring (bicyclic) bond motifs is 1. The van der Waals surface area contributed by atoms with E-state index in [0.717, 1.165) is 10.4 Å². The third kappa shape index (κ3) is 3.01. The number of sulfonamides is 1. The van der Waals surface area contributed by atoms with Crippen LogP contribution in [0.1, 0.15) is 17.0 Å². The highest BCUT2D eigenvalue weighted by Crippen LogP contribution is 2.41. The number of halogens is 4. The van der Waals surface area contributed by atoms with E-state index in [1.54, 1.807) is 6.07 Å². The molecule has 2 aromatic carbocycles. The zero-order valence-electron chi connectivity index (χ0n) is 12.9. The molecule has 0 aromatic heterocycles. The van der Waals surface area contributed by atoms with E-state index in [1.165, 1.54) is 18.2 Å². The number of aliphatic carboxylic acids is 1. The molecule has 1 atom stereocenters. The van der Waals surface area contributed by atoms with Crippen molar-refractivity contribution in [2.24, 2.45) is 0 Å². The van der Waals surface area contributed by atoms with Crippen molar-refractivity contribution in [1.82, 2.24) is 0 Å². The first-order valence-corrected chi connectivity index (χ1v) is 9.06. The van der Waals surface area contributed by atoms with Crippen LogP contribution in [0.25, 0.3) is 0 Å². The third-order valence-corrected chi connectivity index (χ3v) is 6.32. The predicted molar refractivity (Wildman–Crippen MR) is 87.8 cm³/mol. The van der Waals surface area contributed by atoms with Crippen LogP contribution in [0.5, 0.6) is 0 Å². The van der Waals surface area contributed by atoms with Gasteiger partial charge in [-0.2, -0.15) is 13.2 Å². The lowest BCUT2D eigenvalue weighted by molar-refractivity contribution is -0.139. The number of rotatable bonds is 3. The van der Waals surface area contributed by atoms with E-state index in [-0.39, 0.29) is 16.3 Å². The molecule has 0 radical (unpaired) electrons. The quantitative estimate of drug-likeness (QED) is 0.844. The number of para-hydroxylation sites is 1. The van der Waals surface area contributed by atoms with E-state index in [0.29, 0.717) is 12.1 Å². The van der Waals surface area contributed by atoms with Crippen LogP contribution in [0, 0.1) is 0 Å². The standard InChI is InChI=1S/C16H11ClF3NO4S/c17-12-6-5-9(16(18,19)20)7-14(12)26(24,25)21-8-11(15(22)23)10-3-1-2-4-13(10)21/h1-7,11H,8H2,(H,22,23). The SMILES string of the molecule is O=C(O)C1CN(S(=O)(=O)c2cc(C(F)(F)F)ccc2Cl)c2ccccc21. The molecule has 26 heavy (non-hydrogen) atoms. The number of alkyl halides is 3. The van der Waals surface area contributed by atoms with Crippen molar-refractivity contribution in [3.05, 3.63) is 58.6 Å². The largest absolute Gasteiger partial charge is 0.481 e. The smallest absolute Gasteiger partial charge is 0.416 e. The van der Waals surface area contributed by atoms with Crippen LogP contribution in [0.3, 0.4) is 0 Å². The van der Waals surface area contributed by atoms with Gasteiger partial charge in [-0.1, -0.05) is 29.8 Å². The van der Waals surface area contributed by atoms with Crippen LogP contribution in [0.15, 0.2) is 47.4 Å². The summed E-state index contributed by atoms with van der Waals surface area (Å²) in [4.78, 5) is 10.7. The summed E-state index contributed by atoms with van der Waals surface area (Å²) < 4.78 is 65.5. The van der Waals surface area contributed by atoms with Crippen molar-refractivity contribution in [2.45, 2.75) is 17.0 Å². The Labute approximate surface area is 151 Å². The molecule has 1 aliphatic heterocycles. The third-order valence-electron chi connectivity index (χ3n) is 4.05. The maximum absolute atomic E-state index is 12.9. The number of nitrogens with zero attached hydrogens (tertiary/aromatic N) is 1. The van der Waals surface area contributed by atoms with Gasteiger partial charge in [0, 0.05) is 0 Å². The van der Waals surface area contributed by atoms with Gasteiger partial charge in [0.15, 0.2) is 0 Å². The zero-order valence-corrected chi connectivity index (χ0v) is 14.4. The summed E-state index contributed by atoms with van der Waals surface area (Å²) in [6.07, 6.45) is -4.75. The number of carboxylic acid groups (broad SMARTS) is 1. The molecule has 1 N–H and O–H groups in total. The minimum atomic E-state index is -4.75. The minimum Gasteiger partial charge on any atom is -0.481 e. The molecule has 0 saturated heterocycles. The Bertz CT molecular complexity index is 991. The second-order valence-electron chi connectivity index (χ2n) is 5.63. The Morgan fingerprint density at radius 2 is 1.85 bits per heavy atom. The Hall–Kier alpha value is -2.26. The monoisotopic (exact) mass is 405 g/mol. The number of benzene rings is 2. The van der Waals surface area contributed by atoms with Gasteiger partial charge in [0.05, 0.1) is 22.8 Å². The van der Waals surface area contributed by atoms with Crippen LogP contribution >= 0.6 is 11.6 Å². The van der Waals surface area contributed by atoms with Crippen molar-refractivity contribution >= 4 is 33.3 Å². The van der Waals surface area contributed by atoms with Gasteiger partial charge in [-0.15, -0.1) is 0 Å². The van der Waals surface area contributed by atoms with E-state index >= 15 is 0 Å². The van der Waals surface area contributed by atoms with E-state index < -0.39 is 45.1 Å². The first-order valence-electron chi connectivity index (χ1n) is 7.24. The summed E-state index contributed by atoms with van der Waals surface area (Å²) in [5.74, 6) is -2.35. The molecule has 1 heterocycles. The summed E-state index contributed by atoms with van der Waals surface area (Å²) in [6, 6.07) is 7.93. The Morgan fingerprint density at radius 1 is 1.19 bits per heavy atom. The number of carboxylic acids is 1. The second-order valence-corrected chi connectivity index (χ2v) is 7.87. The first-order chi connectivity index (χ1) is 12.0.